The maximum atomic E-state index is 3.39. The van der Waals surface area contributed by atoms with E-state index in [1.54, 1.807) is 0 Å². The Morgan fingerprint density at radius 1 is 0.588 bits per heavy atom. The van der Waals surface area contributed by atoms with E-state index in [9.17, 15) is 0 Å². The standard InChI is InChI=1S/2C9H7.2C5H5.2CH2.2ClH.2Hf/c2*1-2-5-9-7-3-6-8(9)4-1;2*1-2-4-5-3-1;;;;;;/h2*1-7H;2*1-3H,4H2;2*1H2;2*1H;;/q4*-1;;;;;2*+2. The van der Waals surface area contributed by atoms with Gasteiger partial charge in [-0.1, -0.05) is 12.1 Å². The molecule has 0 N–H and O–H groups in total. The first-order valence-electron chi connectivity index (χ1n) is 10.3. The Bertz CT molecular complexity index is 946. The number of halogens is 2. The summed E-state index contributed by atoms with van der Waals surface area (Å²) in [6.07, 6.45) is 20.0. The van der Waals surface area contributed by atoms with Crippen LogP contribution in [-0.2, 0) is 47.8 Å². The molecule has 0 bridgehead atoms. The first-order valence-corrected chi connectivity index (χ1v) is 15.4. The van der Waals surface area contributed by atoms with E-state index in [0.717, 1.165) is 60.6 Å². The first kappa shape index (κ1) is 34.8. The van der Waals surface area contributed by atoms with E-state index in [4.69, 9.17) is 0 Å². The molecular weight excluding hydrogens is 788 g/mol. The molecule has 172 valence electrons. The average Bonchev–Trinajstić information content (AvgIpc) is 3.71. The van der Waals surface area contributed by atoms with Crippen LogP contribution >= 0.6 is 24.8 Å². The van der Waals surface area contributed by atoms with Gasteiger partial charge in [0.25, 0.3) is 0 Å². The molecule has 34 heavy (non-hydrogen) atoms. The molecule has 2 aliphatic rings. The number of allylic oxidation sites excluding steroid dienone is 8. The molecule has 0 amide bonds. The first-order chi connectivity index (χ1) is 15.9. The van der Waals surface area contributed by atoms with E-state index >= 15 is 0 Å². The molecule has 0 unspecified atom stereocenters. The third-order valence-corrected chi connectivity index (χ3v) is 4.27. The van der Waals surface area contributed by atoms with Gasteiger partial charge in [-0.2, -0.15) is 47.2 Å². The van der Waals surface area contributed by atoms with E-state index in [-0.39, 0.29) is 24.8 Å². The van der Waals surface area contributed by atoms with Gasteiger partial charge >= 0.3 is 56.3 Å². The van der Waals surface area contributed by atoms with Gasteiger partial charge in [-0.05, 0) is 0 Å². The van der Waals surface area contributed by atoms with Crippen molar-refractivity contribution in [1.82, 2.24) is 0 Å². The molecule has 2 aliphatic carbocycles. The zero-order valence-corrected chi connectivity index (χ0v) is 28.0. The van der Waals surface area contributed by atoms with Gasteiger partial charge in [0.05, 0.1) is 0 Å². The predicted molar refractivity (Wildman–Crippen MR) is 151 cm³/mol. The van der Waals surface area contributed by atoms with Gasteiger partial charge in [-0.3, -0.25) is 12.2 Å². The van der Waals surface area contributed by atoms with Gasteiger partial charge in [0.15, 0.2) is 0 Å². The minimum atomic E-state index is 0. The second kappa shape index (κ2) is 24.8. The van der Waals surface area contributed by atoms with Crippen molar-refractivity contribution in [2.24, 2.45) is 0 Å². The Morgan fingerprint density at radius 3 is 1.24 bits per heavy atom. The Hall–Kier alpha value is -1.32. The van der Waals surface area contributed by atoms with Crippen LogP contribution in [-0.4, -0.2) is 8.52 Å². The Kier molecular flexibility index (Phi) is 25.4. The van der Waals surface area contributed by atoms with E-state index in [1.165, 1.54) is 21.5 Å². The summed E-state index contributed by atoms with van der Waals surface area (Å²) in [7, 11) is 0. The van der Waals surface area contributed by atoms with Gasteiger partial charge in [0.2, 0.25) is 0 Å². The topological polar surface area (TPSA) is 0 Å². The van der Waals surface area contributed by atoms with Crippen LogP contribution in [0.2, 0.25) is 0 Å². The molecule has 0 nitrogen and oxygen atoms in total. The molecule has 0 fully saturated rings. The molecule has 0 spiro atoms. The van der Waals surface area contributed by atoms with Crippen molar-refractivity contribution in [2.45, 2.75) is 12.8 Å². The smallest absolute Gasteiger partial charge is 0.0809 e. The maximum Gasteiger partial charge on any atom is -0.0809 e. The number of benzene rings is 2. The molecule has 6 rings (SSSR count). The van der Waals surface area contributed by atoms with Gasteiger partial charge in [-0.25, -0.2) is 24.3 Å². The molecule has 4 aromatic carbocycles. The molecule has 0 saturated carbocycles. The molecule has 4 heteroatoms. The third kappa shape index (κ3) is 14.8. The van der Waals surface area contributed by atoms with Gasteiger partial charge in [-0.15, -0.1) is 97.0 Å². The van der Waals surface area contributed by atoms with Crippen LogP contribution < -0.4 is 0 Å². The van der Waals surface area contributed by atoms with Crippen molar-refractivity contribution in [3.8, 4) is 0 Å². The summed E-state index contributed by atoms with van der Waals surface area (Å²) in [5.74, 6) is 0. The van der Waals surface area contributed by atoms with Gasteiger partial charge in [0.1, 0.15) is 0 Å². The summed E-state index contributed by atoms with van der Waals surface area (Å²) in [5.41, 5.74) is 0. The van der Waals surface area contributed by atoms with Gasteiger partial charge in [0, 0.05) is 0 Å². The number of hydrogen-bond acceptors (Lipinski definition) is 0. The second-order valence-electron chi connectivity index (χ2n) is 6.32. The van der Waals surface area contributed by atoms with Crippen molar-refractivity contribution in [3.63, 3.8) is 0 Å². The monoisotopic (exact) mass is 820 g/mol. The van der Waals surface area contributed by atoms with E-state index in [2.05, 4.69) is 118 Å². The molecule has 0 aromatic heterocycles. The van der Waals surface area contributed by atoms with Crippen molar-refractivity contribution < 1.29 is 47.8 Å². The van der Waals surface area contributed by atoms with Crippen LogP contribution in [0.15, 0.2) is 121 Å². The summed E-state index contributed by atoms with van der Waals surface area (Å²) >= 11 is 2.11. The minimum absolute atomic E-state index is 0. The maximum absolute atomic E-state index is 3.39. The quantitative estimate of drug-likeness (QED) is 0.124. The zero-order chi connectivity index (χ0) is 23.3. The second-order valence-corrected chi connectivity index (χ2v) is 6.32. The summed E-state index contributed by atoms with van der Waals surface area (Å²) in [6, 6.07) is 29.3. The molecule has 4 aromatic rings. The molecule has 0 atom stereocenters. The Morgan fingerprint density at radius 2 is 0.971 bits per heavy atom. The van der Waals surface area contributed by atoms with Crippen LogP contribution in [0, 0.1) is 12.2 Å². The SMILES string of the molecule is Cl.Cl.[C-]1=CC=CC1.[C-]1=CC=CC1.[CH2]=[Hf+2].[CH2]=[Hf+2].c1ccc2[cH-]ccc2c1.c1ccc2[cH-]ccc2c1. The van der Waals surface area contributed by atoms with E-state index < -0.39 is 0 Å². The van der Waals surface area contributed by atoms with Crippen LogP contribution in [0.4, 0.5) is 0 Å². The minimum Gasteiger partial charge on any atom is -0.168 e. The number of fused-ring (bicyclic) bond motifs is 2. The third-order valence-electron chi connectivity index (χ3n) is 4.27. The normalized spacial score (nSPS) is 10.9. The molecule has 0 saturated heterocycles. The van der Waals surface area contributed by atoms with Crippen molar-refractivity contribution in [3.05, 3.63) is 134 Å². The number of rotatable bonds is 0. The van der Waals surface area contributed by atoms with E-state index in [0.29, 0.717) is 0 Å². The molecule has 0 radical (unpaired) electrons. The fraction of sp³-hybridized carbons (Fsp3) is 0.0667. The van der Waals surface area contributed by atoms with Crippen molar-refractivity contribution in [2.75, 3.05) is 0 Å². The van der Waals surface area contributed by atoms with Crippen LogP contribution in [0.1, 0.15) is 12.8 Å². The van der Waals surface area contributed by atoms with Crippen molar-refractivity contribution in [1.29, 1.82) is 0 Å². The van der Waals surface area contributed by atoms with Crippen molar-refractivity contribution >= 4 is 54.9 Å². The fourth-order valence-corrected chi connectivity index (χ4v) is 2.82. The summed E-state index contributed by atoms with van der Waals surface area (Å²) in [4.78, 5) is 0. The molecular formula is C30H30Cl2Hf2. The fourth-order valence-electron chi connectivity index (χ4n) is 2.82. The zero-order valence-electron chi connectivity index (χ0n) is 19.2. The van der Waals surface area contributed by atoms with Gasteiger partial charge < -0.3 is 0 Å². The Labute approximate surface area is 246 Å². The van der Waals surface area contributed by atoms with Crippen LogP contribution in [0.25, 0.3) is 21.5 Å². The largest absolute Gasteiger partial charge is 0.168 e. The predicted octanol–water partition coefficient (Wildman–Crippen LogP) is 8.50. The van der Waals surface area contributed by atoms with Crippen LogP contribution in [0.5, 0.6) is 0 Å². The van der Waals surface area contributed by atoms with Crippen LogP contribution in [0.3, 0.4) is 0 Å². The summed E-state index contributed by atoms with van der Waals surface area (Å²) < 4.78 is 6.78. The van der Waals surface area contributed by atoms with E-state index in [1.807, 2.05) is 24.3 Å². The molecule has 0 aliphatic heterocycles. The number of hydrogen-bond donors (Lipinski definition) is 0. The molecule has 0 heterocycles. The summed E-state index contributed by atoms with van der Waals surface area (Å²) in [6.45, 7) is 0. The average molecular weight is 818 g/mol. The Balaban J connectivity index is 0. The summed E-state index contributed by atoms with van der Waals surface area (Å²) in [5, 5.41) is 5.32.